The zero-order valence-corrected chi connectivity index (χ0v) is 9.31. The van der Waals surface area contributed by atoms with Crippen molar-refractivity contribution in [3.8, 4) is 0 Å². The van der Waals surface area contributed by atoms with E-state index >= 15 is 0 Å². The summed E-state index contributed by atoms with van der Waals surface area (Å²) in [6.45, 7) is 1.90. The van der Waals surface area contributed by atoms with Crippen molar-refractivity contribution >= 4 is 11.7 Å². The molecule has 0 saturated carbocycles. The van der Waals surface area contributed by atoms with E-state index in [4.69, 9.17) is 5.73 Å². The van der Waals surface area contributed by atoms with Crippen molar-refractivity contribution in [2.75, 3.05) is 14.1 Å². The Hall–Kier alpha value is -1.84. The summed E-state index contributed by atoms with van der Waals surface area (Å²) in [4.78, 5) is 1.71. The summed E-state index contributed by atoms with van der Waals surface area (Å²) >= 11 is 0. The van der Waals surface area contributed by atoms with Crippen LogP contribution in [0.5, 0.6) is 0 Å². The predicted octanol–water partition coefficient (Wildman–Crippen LogP) is 1.29. The van der Waals surface area contributed by atoms with Crippen molar-refractivity contribution in [1.82, 2.24) is 4.90 Å². The van der Waals surface area contributed by atoms with Crippen LogP contribution in [0.2, 0.25) is 0 Å². The lowest BCUT2D eigenvalue weighted by Gasteiger charge is -2.08. The maximum Gasteiger partial charge on any atom is 0.215 e. The molecule has 0 spiro atoms. The molecule has 0 radical (unpaired) electrons. The van der Waals surface area contributed by atoms with E-state index < -0.39 is 0 Å². The van der Waals surface area contributed by atoms with E-state index in [-0.39, 0.29) is 0 Å². The van der Waals surface area contributed by atoms with E-state index in [1.807, 2.05) is 51.4 Å². The van der Waals surface area contributed by atoms with E-state index in [1.54, 1.807) is 4.90 Å². The standard InChI is InChI=1S/C11H16N4/c1-9(10-7-5-4-6-8-10)13-14-11(12)15(2)3/h4-8H,1-3H3,(H2,12,14)/b13-9-. The lowest BCUT2D eigenvalue weighted by atomic mass is 10.1. The second-order valence-corrected chi connectivity index (χ2v) is 3.40. The van der Waals surface area contributed by atoms with Crippen LogP contribution in [0.15, 0.2) is 40.5 Å². The predicted molar refractivity (Wildman–Crippen MR) is 64.0 cm³/mol. The minimum atomic E-state index is 0.394. The summed E-state index contributed by atoms with van der Waals surface area (Å²) in [6, 6.07) is 9.87. The molecule has 2 N–H and O–H groups in total. The fourth-order valence-electron chi connectivity index (χ4n) is 0.953. The molecule has 0 aliphatic rings. The molecule has 0 heterocycles. The minimum absolute atomic E-state index is 0.394. The third-order valence-corrected chi connectivity index (χ3v) is 1.95. The van der Waals surface area contributed by atoms with Gasteiger partial charge in [0.05, 0.1) is 5.71 Å². The number of hydrogen-bond donors (Lipinski definition) is 1. The average Bonchev–Trinajstić information content (AvgIpc) is 2.26. The Labute approximate surface area is 90.1 Å². The number of hydrogen-bond acceptors (Lipinski definition) is 2. The number of benzene rings is 1. The first-order chi connectivity index (χ1) is 7.11. The Morgan fingerprint density at radius 3 is 2.27 bits per heavy atom. The molecule has 0 aromatic heterocycles. The largest absolute Gasteiger partial charge is 0.368 e. The van der Waals surface area contributed by atoms with Crippen LogP contribution in [0.1, 0.15) is 12.5 Å². The summed E-state index contributed by atoms with van der Waals surface area (Å²) in [5.41, 5.74) is 7.51. The van der Waals surface area contributed by atoms with E-state index in [0.29, 0.717) is 5.96 Å². The van der Waals surface area contributed by atoms with Crippen LogP contribution in [0.3, 0.4) is 0 Å². The van der Waals surface area contributed by atoms with Crippen LogP contribution in [0.25, 0.3) is 0 Å². The van der Waals surface area contributed by atoms with Crippen LogP contribution < -0.4 is 5.73 Å². The second-order valence-electron chi connectivity index (χ2n) is 3.40. The molecule has 0 saturated heterocycles. The van der Waals surface area contributed by atoms with Gasteiger partial charge in [-0.15, -0.1) is 5.10 Å². The topological polar surface area (TPSA) is 54.0 Å². The molecule has 1 rings (SSSR count). The van der Waals surface area contributed by atoms with Gasteiger partial charge in [-0.2, -0.15) is 5.10 Å². The Kier molecular flexibility index (Phi) is 3.85. The molecule has 1 aromatic rings. The van der Waals surface area contributed by atoms with Gasteiger partial charge in [-0.25, -0.2) is 0 Å². The zero-order chi connectivity index (χ0) is 11.3. The SMILES string of the molecule is C/C(=N/N=C(\N)N(C)C)c1ccccc1. The maximum absolute atomic E-state index is 5.61. The zero-order valence-electron chi connectivity index (χ0n) is 9.31. The maximum atomic E-state index is 5.61. The Bertz CT molecular complexity index is 365. The minimum Gasteiger partial charge on any atom is -0.368 e. The molecule has 80 valence electrons. The van der Waals surface area contributed by atoms with Crippen molar-refractivity contribution in [1.29, 1.82) is 0 Å². The van der Waals surface area contributed by atoms with Gasteiger partial charge in [0.2, 0.25) is 5.96 Å². The van der Waals surface area contributed by atoms with Gasteiger partial charge < -0.3 is 10.6 Å². The lowest BCUT2D eigenvalue weighted by molar-refractivity contribution is 0.611. The molecule has 0 fully saturated rings. The quantitative estimate of drug-likeness (QED) is 0.448. The summed E-state index contributed by atoms with van der Waals surface area (Å²) in [5, 5.41) is 7.96. The highest BCUT2D eigenvalue weighted by atomic mass is 15.3. The van der Waals surface area contributed by atoms with Crippen molar-refractivity contribution in [2.45, 2.75) is 6.92 Å². The van der Waals surface area contributed by atoms with E-state index in [2.05, 4.69) is 10.2 Å². The normalized spacial score (nSPS) is 12.7. The molecule has 0 atom stereocenters. The van der Waals surface area contributed by atoms with Crippen LogP contribution in [0, 0.1) is 0 Å². The number of nitrogens with zero attached hydrogens (tertiary/aromatic N) is 3. The summed E-state index contributed by atoms with van der Waals surface area (Å²) in [7, 11) is 3.65. The third-order valence-electron chi connectivity index (χ3n) is 1.95. The van der Waals surface area contributed by atoms with Gasteiger partial charge in [-0.3, -0.25) is 0 Å². The van der Waals surface area contributed by atoms with Crippen molar-refractivity contribution < 1.29 is 0 Å². The molecular formula is C11H16N4. The molecule has 0 aliphatic carbocycles. The second kappa shape index (κ2) is 5.14. The Morgan fingerprint density at radius 1 is 1.13 bits per heavy atom. The van der Waals surface area contributed by atoms with Gasteiger partial charge in [0.1, 0.15) is 0 Å². The van der Waals surface area contributed by atoms with Gasteiger partial charge in [-0.05, 0) is 12.5 Å². The monoisotopic (exact) mass is 204 g/mol. The van der Waals surface area contributed by atoms with Crippen LogP contribution in [0.4, 0.5) is 0 Å². The molecule has 0 unspecified atom stereocenters. The molecule has 15 heavy (non-hydrogen) atoms. The van der Waals surface area contributed by atoms with E-state index in [9.17, 15) is 0 Å². The summed E-state index contributed by atoms with van der Waals surface area (Å²) < 4.78 is 0. The van der Waals surface area contributed by atoms with Crippen molar-refractivity contribution in [3.05, 3.63) is 35.9 Å². The van der Waals surface area contributed by atoms with Gasteiger partial charge in [0.15, 0.2) is 0 Å². The highest BCUT2D eigenvalue weighted by Gasteiger charge is 1.96. The van der Waals surface area contributed by atoms with Gasteiger partial charge in [0.25, 0.3) is 0 Å². The van der Waals surface area contributed by atoms with Crippen LogP contribution in [-0.4, -0.2) is 30.7 Å². The first-order valence-corrected chi connectivity index (χ1v) is 4.71. The van der Waals surface area contributed by atoms with Crippen LogP contribution >= 0.6 is 0 Å². The lowest BCUT2D eigenvalue weighted by Crippen LogP contribution is -2.29. The molecule has 0 amide bonds. The highest BCUT2D eigenvalue weighted by molar-refractivity contribution is 5.98. The first-order valence-electron chi connectivity index (χ1n) is 4.71. The Morgan fingerprint density at radius 2 is 1.73 bits per heavy atom. The van der Waals surface area contributed by atoms with Gasteiger partial charge in [0, 0.05) is 14.1 Å². The average molecular weight is 204 g/mol. The van der Waals surface area contributed by atoms with Crippen molar-refractivity contribution in [3.63, 3.8) is 0 Å². The third kappa shape index (κ3) is 3.42. The fourth-order valence-corrected chi connectivity index (χ4v) is 0.953. The molecule has 4 nitrogen and oxygen atoms in total. The van der Waals surface area contributed by atoms with Gasteiger partial charge in [-0.1, -0.05) is 30.3 Å². The van der Waals surface area contributed by atoms with E-state index in [0.717, 1.165) is 11.3 Å². The van der Waals surface area contributed by atoms with E-state index in [1.165, 1.54) is 0 Å². The molecule has 0 bridgehead atoms. The first kappa shape index (κ1) is 11.2. The summed E-state index contributed by atoms with van der Waals surface area (Å²) in [6.07, 6.45) is 0. The van der Waals surface area contributed by atoms with Crippen molar-refractivity contribution in [2.24, 2.45) is 15.9 Å². The molecular weight excluding hydrogens is 188 g/mol. The molecule has 1 aromatic carbocycles. The highest BCUT2D eigenvalue weighted by Crippen LogP contribution is 2.00. The fraction of sp³-hybridized carbons (Fsp3) is 0.273. The van der Waals surface area contributed by atoms with Crippen LogP contribution in [-0.2, 0) is 0 Å². The summed E-state index contributed by atoms with van der Waals surface area (Å²) in [5.74, 6) is 0.394. The van der Waals surface area contributed by atoms with Gasteiger partial charge >= 0.3 is 0 Å². The smallest absolute Gasteiger partial charge is 0.215 e. The number of nitrogens with two attached hydrogens (primary N) is 1. The number of guanidine groups is 1. The molecule has 4 heteroatoms. The molecule has 0 aliphatic heterocycles. The Balaban J connectivity index is 2.82. The number of rotatable bonds is 2.